The highest BCUT2D eigenvalue weighted by Gasteiger charge is 2.30. The Bertz CT molecular complexity index is 1960. The Morgan fingerprint density at radius 3 is 0.660 bits per heavy atom. The van der Waals surface area contributed by atoms with Crippen molar-refractivity contribution in [1.29, 1.82) is 0 Å². The molecule has 0 aliphatic carbocycles. The molecule has 0 heterocycles. The van der Waals surface area contributed by atoms with Crippen LogP contribution in [0.25, 0.3) is 0 Å². The van der Waals surface area contributed by atoms with Crippen molar-refractivity contribution in [3.05, 3.63) is 0 Å². The first-order valence-corrected chi connectivity index (χ1v) is 46.6. The quantitative estimate of drug-likeness (QED) is 0.0222. The van der Waals surface area contributed by atoms with Crippen LogP contribution in [0.4, 0.5) is 0 Å². The molecular formula is C84H164O17P2. The normalized spacial score (nSPS) is 13.8. The highest BCUT2D eigenvalue weighted by Crippen LogP contribution is 2.45. The third-order valence-corrected chi connectivity index (χ3v) is 21.7. The van der Waals surface area contributed by atoms with E-state index in [1.165, 1.54) is 276 Å². The number of esters is 4. The number of aliphatic hydroxyl groups excluding tert-OH is 1. The van der Waals surface area contributed by atoms with Crippen LogP contribution in [0.5, 0.6) is 0 Å². The number of hydrogen-bond donors (Lipinski definition) is 3. The summed E-state index contributed by atoms with van der Waals surface area (Å²) in [6.45, 7) is 7.37. The highest BCUT2D eigenvalue weighted by molar-refractivity contribution is 7.47. The molecule has 5 atom stereocenters. The van der Waals surface area contributed by atoms with E-state index in [4.69, 9.17) is 37.0 Å². The average molecular weight is 1510 g/mol. The lowest BCUT2D eigenvalue weighted by Gasteiger charge is -2.21. The number of phosphoric ester groups is 2. The average Bonchev–Trinajstić information content (AvgIpc) is 0.923. The Hall–Kier alpha value is -1.94. The lowest BCUT2D eigenvalue weighted by Crippen LogP contribution is -2.30. The number of hydrogen-bond acceptors (Lipinski definition) is 15. The predicted octanol–water partition coefficient (Wildman–Crippen LogP) is 25.6. The van der Waals surface area contributed by atoms with Crippen molar-refractivity contribution in [3.63, 3.8) is 0 Å². The Morgan fingerprint density at radius 1 is 0.262 bits per heavy atom. The summed E-state index contributed by atoms with van der Waals surface area (Å²) in [5.41, 5.74) is 0. The van der Waals surface area contributed by atoms with Crippen molar-refractivity contribution >= 4 is 39.5 Å². The molecule has 3 N–H and O–H groups in total. The number of ether oxygens (including phenoxy) is 4. The van der Waals surface area contributed by atoms with E-state index in [-0.39, 0.29) is 25.7 Å². The summed E-state index contributed by atoms with van der Waals surface area (Å²) in [6.07, 6.45) is 69.5. The summed E-state index contributed by atoms with van der Waals surface area (Å²) in [5, 5.41) is 10.7. The van der Waals surface area contributed by atoms with Crippen molar-refractivity contribution < 1.29 is 80.2 Å². The standard InChI is InChI=1S/C84H164O17P2/c1-6-9-12-15-18-21-24-25-26-27-28-29-33-36-39-44-48-53-58-63-68-82(87)95-74-80(101-84(89)70-65-60-55-50-45-40-37-34-31-30-32-35-38-43-46-51-56-61-66-77(4)5)76-99-103(92,93)97-72-78(85)71-96-102(90,91)98-75-79(100-83(88)69-64-59-54-49-42-23-20-17-14-11-8-3)73-94-81(86)67-62-57-52-47-41-22-19-16-13-10-7-2/h77-80,85H,6-76H2,1-5H3,(H,90,91)(H,92,93)/t78-,79+,80+/m0/s1. The number of carbonyl (C=O) groups excluding carboxylic acids is 4. The molecule has 19 heteroatoms. The zero-order valence-electron chi connectivity index (χ0n) is 67.5. The van der Waals surface area contributed by atoms with Gasteiger partial charge < -0.3 is 33.8 Å². The third-order valence-electron chi connectivity index (χ3n) is 19.8. The molecule has 0 aromatic carbocycles. The van der Waals surface area contributed by atoms with Crippen LogP contribution < -0.4 is 0 Å². The zero-order chi connectivity index (χ0) is 75.5. The van der Waals surface area contributed by atoms with Gasteiger partial charge in [-0.15, -0.1) is 0 Å². The Labute approximate surface area is 632 Å². The fourth-order valence-electron chi connectivity index (χ4n) is 13.1. The number of rotatable bonds is 84. The van der Waals surface area contributed by atoms with Gasteiger partial charge in [-0.3, -0.25) is 37.3 Å². The summed E-state index contributed by atoms with van der Waals surface area (Å²) in [4.78, 5) is 73.1. The lowest BCUT2D eigenvalue weighted by atomic mass is 10.0. The summed E-state index contributed by atoms with van der Waals surface area (Å²) >= 11 is 0. The molecule has 0 amide bonds. The Balaban J connectivity index is 5.20. The summed E-state index contributed by atoms with van der Waals surface area (Å²) in [6, 6.07) is 0. The van der Waals surface area contributed by atoms with E-state index in [0.717, 1.165) is 95.8 Å². The fourth-order valence-corrected chi connectivity index (χ4v) is 14.7. The van der Waals surface area contributed by atoms with Crippen LogP contribution in [-0.2, 0) is 65.4 Å². The van der Waals surface area contributed by atoms with E-state index in [1.807, 2.05) is 0 Å². The van der Waals surface area contributed by atoms with E-state index >= 15 is 0 Å². The monoisotopic (exact) mass is 1510 g/mol. The molecule has 0 radical (unpaired) electrons. The highest BCUT2D eigenvalue weighted by atomic mass is 31.2. The van der Waals surface area contributed by atoms with Crippen molar-refractivity contribution in [2.75, 3.05) is 39.6 Å². The topological polar surface area (TPSA) is 237 Å². The number of aliphatic hydroxyl groups is 1. The maximum absolute atomic E-state index is 13.1. The van der Waals surface area contributed by atoms with Gasteiger partial charge in [-0.2, -0.15) is 0 Å². The molecule has 0 fully saturated rings. The molecule has 0 aromatic heterocycles. The SMILES string of the molecule is CCCCCCCCCCCCCCCCCCCCCCC(=O)OC[C@H](COP(=O)(O)OC[C@@H](O)COP(=O)(O)OC[C@@H](COC(=O)CCCCCCCCCCCCC)OC(=O)CCCCCCCCCCCCC)OC(=O)CCCCCCCCCCCCCCCCCCCCC(C)C. The second-order valence-corrected chi connectivity index (χ2v) is 33.6. The molecule has 0 rings (SSSR count). The fraction of sp³-hybridized carbons (Fsp3) is 0.952. The lowest BCUT2D eigenvalue weighted by molar-refractivity contribution is -0.161. The minimum Gasteiger partial charge on any atom is -0.462 e. The molecule has 612 valence electrons. The molecular weight excluding hydrogens is 1340 g/mol. The number of phosphoric acid groups is 2. The van der Waals surface area contributed by atoms with E-state index in [9.17, 15) is 43.2 Å². The number of unbranched alkanes of at least 4 members (excludes halogenated alkanes) is 56. The Kier molecular flexibility index (Phi) is 75.4. The van der Waals surface area contributed by atoms with Gasteiger partial charge in [-0.05, 0) is 31.6 Å². The van der Waals surface area contributed by atoms with E-state index in [2.05, 4.69) is 34.6 Å². The van der Waals surface area contributed by atoms with Gasteiger partial charge in [0.2, 0.25) is 0 Å². The largest absolute Gasteiger partial charge is 0.472 e. The summed E-state index contributed by atoms with van der Waals surface area (Å²) in [7, 11) is -9.92. The van der Waals surface area contributed by atoms with Crippen LogP contribution in [0.2, 0.25) is 0 Å². The second-order valence-electron chi connectivity index (χ2n) is 30.7. The molecule has 103 heavy (non-hydrogen) atoms. The smallest absolute Gasteiger partial charge is 0.462 e. The van der Waals surface area contributed by atoms with E-state index in [1.54, 1.807) is 0 Å². The first kappa shape index (κ1) is 101. The molecule has 0 saturated heterocycles. The van der Waals surface area contributed by atoms with Crippen molar-refractivity contribution in [2.45, 2.75) is 470 Å². The minimum absolute atomic E-state index is 0.108. The van der Waals surface area contributed by atoms with Crippen molar-refractivity contribution in [2.24, 2.45) is 5.92 Å². The van der Waals surface area contributed by atoms with Crippen molar-refractivity contribution in [1.82, 2.24) is 0 Å². The number of carbonyl (C=O) groups is 4. The van der Waals surface area contributed by atoms with Crippen molar-refractivity contribution in [3.8, 4) is 0 Å². The zero-order valence-corrected chi connectivity index (χ0v) is 69.3. The maximum atomic E-state index is 13.1. The first-order chi connectivity index (χ1) is 50.0. The maximum Gasteiger partial charge on any atom is 0.472 e. The molecule has 2 unspecified atom stereocenters. The molecule has 0 saturated carbocycles. The molecule has 0 bridgehead atoms. The van der Waals surface area contributed by atoms with Gasteiger partial charge in [0, 0.05) is 25.7 Å². The van der Waals surface area contributed by atoms with Gasteiger partial charge in [0.05, 0.1) is 26.4 Å². The minimum atomic E-state index is -4.96. The van der Waals surface area contributed by atoms with Crippen LogP contribution in [0.15, 0.2) is 0 Å². The third kappa shape index (κ3) is 78.0. The van der Waals surface area contributed by atoms with Crippen LogP contribution in [0.3, 0.4) is 0 Å². The van der Waals surface area contributed by atoms with Crippen LogP contribution in [0.1, 0.15) is 452 Å². The predicted molar refractivity (Wildman–Crippen MR) is 423 cm³/mol. The molecule has 0 spiro atoms. The van der Waals surface area contributed by atoms with E-state index < -0.39 is 97.5 Å². The molecule has 0 aliphatic heterocycles. The van der Waals surface area contributed by atoms with Gasteiger partial charge in [-0.1, -0.05) is 401 Å². The van der Waals surface area contributed by atoms with Crippen LogP contribution in [-0.4, -0.2) is 96.7 Å². The van der Waals surface area contributed by atoms with Gasteiger partial charge in [-0.25, -0.2) is 9.13 Å². The van der Waals surface area contributed by atoms with Gasteiger partial charge in [0.1, 0.15) is 19.3 Å². The van der Waals surface area contributed by atoms with Crippen LogP contribution in [0, 0.1) is 5.92 Å². The summed E-state index contributed by atoms with van der Waals surface area (Å²) < 4.78 is 68.8. The van der Waals surface area contributed by atoms with Gasteiger partial charge in [0.15, 0.2) is 12.2 Å². The summed E-state index contributed by atoms with van der Waals surface area (Å²) in [5.74, 6) is -1.28. The van der Waals surface area contributed by atoms with Gasteiger partial charge in [0.25, 0.3) is 0 Å². The van der Waals surface area contributed by atoms with Gasteiger partial charge >= 0.3 is 39.5 Å². The molecule has 0 aromatic rings. The molecule has 17 nitrogen and oxygen atoms in total. The Morgan fingerprint density at radius 2 is 0.447 bits per heavy atom. The second kappa shape index (κ2) is 76.8. The van der Waals surface area contributed by atoms with Crippen LogP contribution >= 0.6 is 15.6 Å². The molecule has 0 aliphatic rings. The van der Waals surface area contributed by atoms with E-state index in [0.29, 0.717) is 25.7 Å². The first-order valence-electron chi connectivity index (χ1n) is 43.6.